The van der Waals surface area contributed by atoms with E-state index in [2.05, 4.69) is 67.7 Å². The van der Waals surface area contributed by atoms with Crippen LogP contribution in [0.15, 0.2) is 66.7 Å². The Labute approximate surface area is 185 Å². The molecular formula is C26H30ClNO2. The number of ether oxygens (including phenoxy) is 2. The highest BCUT2D eigenvalue weighted by atomic mass is 35.5. The van der Waals surface area contributed by atoms with Crippen LogP contribution in [0.3, 0.4) is 0 Å². The van der Waals surface area contributed by atoms with Crippen LogP contribution in [0.1, 0.15) is 48.1 Å². The average Bonchev–Trinajstić information content (AvgIpc) is 2.77. The molecule has 1 N–H and O–H groups in total. The molecule has 1 atom stereocenters. The molecule has 0 aliphatic carbocycles. The van der Waals surface area contributed by atoms with Gasteiger partial charge in [-0.15, -0.1) is 0 Å². The first-order valence-corrected chi connectivity index (χ1v) is 10.8. The summed E-state index contributed by atoms with van der Waals surface area (Å²) in [7, 11) is 1.64. The van der Waals surface area contributed by atoms with Crippen molar-refractivity contribution in [2.45, 2.75) is 45.9 Å². The number of methoxy groups -OCH3 is 1. The number of hydrogen-bond acceptors (Lipinski definition) is 3. The van der Waals surface area contributed by atoms with Gasteiger partial charge in [0.25, 0.3) is 0 Å². The topological polar surface area (TPSA) is 30.5 Å². The second-order valence-electron chi connectivity index (χ2n) is 7.52. The van der Waals surface area contributed by atoms with Crippen molar-refractivity contribution < 1.29 is 9.47 Å². The molecule has 0 spiro atoms. The van der Waals surface area contributed by atoms with E-state index in [1.54, 1.807) is 7.11 Å². The largest absolute Gasteiger partial charge is 0.493 e. The molecule has 4 heteroatoms. The summed E-state index contributed by atoms with van der Waals surface area (Å²) in [4.78, 5) is 0. The fourth-order valence-electron chi connectivity index (χ4n) is 3.46. The summed E-state index contributed by atoms with van der Waals surface area (Å²) in [6, 6.07) is 23.1. The number of rotatable bonds is 10. The predicted molar refractivity (Wildman–Crippen MR) is 124 cm³/mol. The Bertz CT molecular complexity index is 926. The van der Waals surface area contributed by atoms with Crippen LogP contribution >= 0.6 is 11.6 Å². The van der Waals surface area contributed by atoms with Gasteiger partial charge in [-0.1, -0.05) is 85.1 Å². The van der Waals surface area contributed by atoms with E-state index in [-0.39, 0.29) is 0 Å². The number of benzene rings is 3. The first kappa shape index (κ1) is 22.2. The molecule has 0 aliphatic rings. The van der Waals surface area contributed by atoms with E-state index in [1.807, 2.05) is 18.2 Å². The zero-order valence-corrected chi connectivity index (χ0v) is 18.7. The molecule has 0 radical (unpaired) electrons. The summed E-state index contributed by atoms with van der Waals surface area (Å²) in [5.74, 6) is 1.23. The van der Waals surface area contributed by atoms with Crippen LogP contribution < -0.4 is 14.8 Å². The maximum atomic E-state index is 6.57. The van der Waals surface area contributed by atoms with Gasteiger partial charge in [-0.25, -0.2) is 0 Å². The van der Waals surface area contributed by atoms with Crippen molar-refractivity contribution >= 4 is 11.6 Å². The molecule has 0 aliphatic heterocycles. The minimum Gasteiger partial charge on any atom is -0.493 e. The normalized spacial score (nSPS) is 11.9. The maximum Gasteiger partial charge on any atom is 0.180 e. The summed E-state index contributed by atoms with van der Waals surface area (Å²) in [6.07, 6.45) is 2.19. The number of halogens is 1. The quantitative estimate of drug-likeness (QED) is 0.386. The third-order valence-corrected chi connectivity index (χ3v) is 5.41. The monoisotopic (exact) mass is 423 g/mol. The first-order valence-electron chi connectivity index (χ1n) is 10.4. The smallest absolute Gasteiger partial charge is 0.180 e. The molecule has 30 heavy (non-hydrogen) atoms. The average molecular weight is 424 g/mol. The lowest BCUT2D eigenvalue weighted by atomic mass is 10.0. The van der Waals surface area contributed by atoms with E-state index >= 15 is 0 Å². The van der Waals surface area contributed by atoms with Crippen molar-refractivity contribution in [3.05, 3.63) is 94.0 Å². The SMILES string of the molecule is CCCC(NCc1cc(Cl)c(OCc2ccc(C)cc2)c(OC)c1)c1ccccc1. The maximum absolute atomic E-state index is 6.57. The molecular weight excluding hydrogens is 394 g/mol. The van der Waals surface area contributed by atoms with Gasteiger partial charge >= 0.3 is 0 Å². The highest BCUT2D eigenvalue weighted by Crippen LogP contribution is 2.37. The Morgan fingerprint density at radius 3 is 2.37 bits per heavy atom. The highest BCUT2D eigenvalue weighted by molar-refractivity contribution is 6.32. The van der Waals surface area contributed by atoms with Crippen molar-refractivity contribution in [2.75, 3.05) is 7.11 Å². The van der Waals surface area contributed by atoms with Crippen LogP contribution in [0.2, 0.25) is 5.02 Å². The summed E-state index contributed by atoms with van der Waals surface area (Å²) in [6.45, 7) is 5.42. The Hall–Kier alpha value is -2.49. The second kappa shape index (κ2) is 11.1. The van der Waals surface area contributed by atoms with Crippen molar-refractivity contribution in [3.8, 4) is 11.5 Å². The zero-order valence-electron chi connectivity index (χ0n) is 18.0. The van der Waals surface area contributed by atoms with Gasteiger partial charge in [0, 0.05) is 12.6 Å². The van der Waals surface area contributed by atoms with Crippen LogP contribution in [0.5, 0.6) is 11.5 Å². The fraction of sp³-hybridized carbons (Fsp3) is 0.308. The summed E-state index contributed by atoms with van der Waals surface area (Å²) >= 11 is 6.57. The lowest BCUT2D eigenvalue weighted by Gasteiger charge is -2.20. The van der Waals surface area contributed by atoms with Crippen LogP contribution in [0.4, 0.5) is 0 Å². The van der Waals surface area contributed by atoms with Gasteiger partial charge in [-0.2, -0.15) is 0 Å². The molecule has 0 saturated carbocycles. The van der Waals surface area contributed by atoms with E-state index in [0.29, 0.717) is 35.7 Å². The minimum absolute atomic E-state index is 0.304. The molecule has 0 bridgehead atoms. The molecule has 0 heterocycles. The molecule has 0 saturated heterocycles. The van der Waals surface area contributed by atoms with E-state index < -0.39 is 0 Å². The van der Waals surface area contributed by atoms with Crippen LogP contribution in [0, 0.1) is 6.92 Å². The molecule has 0 fully saturated rings. The second-order valence-corrected chi connectivity index (χ2v) is 7.92. The van der Waals surface area contributed by atoms with Crippen molar-refractivity contribution in [2.24, 2.45) is 0 Å². The van der Waals surface area contributed by atoms with E-state index in [0.717, 1.165) is 24.0 Å². The van der Waals surface area contributed by atoms with Gasteiger partial charge in [0.1, 0.15) is 6.61 Å². The van der Waals surface area contributed by atoms with E-state index in [9.17, 15) is 0 Å². The number of nitrogens with one attached hydrogen (secondary N) is 1. The molecule has 3 nitrogen and oxygen atoms in total. The van der Waals surface area contributed by atoms with Crippen molar-refractivity contribution in [1.29, 1.82) is 0 Å². The van der Waals surface area contributed by atoms with Crippen molar-refractivity contribution in [3.63, 3.8) is 0 Å². The summed E-state index contributed by atoms with van der Waals surface area (Å²) in [5, 5.41) is 4.22. The van der Waals surface area contributed by atoms with Gasteiger partial charge < -0.3 is 14.8 Å². The molecule has 3 rings (SSSR count). The van der Waals surface area contributed by atoms with Gasteiger partial charge in [0.05, 0.1) is 12.1 Å². The van der Waals surface area contributed by atoms with Gasteiger partial charge in [0.15, 0.2) is 11.5 Å². The Morgan fingerprint density at radius 2 is 1.70 bits per heavy atom. The lowest BCUT2D eigenvalue weighted by molar-refractivity contribution is 0.284. The zero-order chi connectivity index (χ0) is 21.3. The van der Waals surface area contributed by atoms with E-state index in [4.69, 9.17) is 21.1 Å². The van der Waals surface area contributed by atoms with Crippen LogP contribution in [-0.2, 0) is 13.2 Å². The molecule has 0 amide bonds. The fourth-order valence-corrected chi connectivity index (χ4v) is 3.74. The molecule has 3 aromatic rings. The summed E-state index contributed by atoms with van der Waals surface area (Å²) in [5.41, 5.74) is 4.69. The predicted octanol–water partition coefficient (Wildman–Crippen LogP) is 6.87. The third-order valence-electron chi connectivity index (χ3n) is 5.12. The Balaban J connectivity index is 1.70. The summed E-state index contributed by atoms with van der Waals surface area (Å²) < 4.78 is 11.6. The van der Waals surface area contributed by atoms with Gasteiger partial charge in [-0.3, -0.25) is 0 Å². The number of hydrogen-bond donors (Lipinski definition) is 1. The van der Waals surface area contributed by atoms with E-state index in [1.165, 1.54) is 11.1 Å². The number of aryl methyl sites for hydroxylation is 1. The Kier molecular flexibility index (Phi) is 8.18. The van der Waals surface area contributed by atoms with Gasteiger partial charge in [-0.05, 0) is 42.2 Å². The molecule has 0 aromatic heterocycles. The molecule has 1 unspecified atom stereocenters. The van der Waals surface area contributed by atoms with Gasteiger partial charge in [0.2, 0.25) is 0 Å². The highest BCUT2D eigenvalue weighted by Gasteiger charge is 2.14. The Morgan fingerprint density at radius 1 is 0.967 bits per heavy atom. The third kappa shape index (κ3) is 6.01. The lowest BCUT2D eigenvalue weighted by Crippen LogP contribution is -2.20. The molecule has 3 aromatic carbocycles. The first-order chi connectivity index (χ1) is 14.6. The van der Waals surface area contributed by atoms with Crippen LogP contribution in [-0.4, -0.2) is 7.11 Å². The standard InChI is InChI=1S/C26H30ClNO2/c1-4-8-24(22-9-6-5-7-10-22)28-17-21-15-23(27)26(25(16-21)29-3)30-18-20-13-11-19(2)12-14-20/h5-7,9-16,24,28H,4,8,17-18H2,1-3H3. The van der Waals surface area contributed by atoms with Crippen molar-refractivity contribution in [1.82, 2.24) is 5.32 Å². The van der Waals surface area contributed by atoms with Crippen LogP contribution in [0.25, 0.3) is 0 Å². The minimum atomic E-state index is 0.304. The molecule has 158 valence electrons.